The molecule has 1 aromatic rings. The molecule has 17 heavy (non-hydrogen) atoms. The summed E-state index contributed by atoms with van der Waals surface area (Å²) in [4.78, 5) is 15.4. The van der Waals surface area contributed by atoms with Crippen molar-refractivity contribution in [3.05, 3.63) is 42.2 Å². The molecule has 1 heterocycles. The van der Waals surface area contributed by atoms with E-state index in [0.717, 1.165) is 5.69 Å². The Hall–Kier alpha value is -1.88. The minimum atomic E-state index is -0.130. The first-order valence-electron chi connectivity index (χ1n) is 5.18. The van der Waals surface area contributed by atoms with Gasteiger partial charge >= 0.3 is 0 Å². The number of hydrogen-bond acceptors (Lipinski definition) is 3. The third-order valence-electron chi connectivity index (χ3n) is 2.28. The number of carbonyl (C=O) groups is 1. The number of hydrogen-bond donors (Lipinski definition) is 1. The van der Waals surface area contributed by atoms with Gasteiger partial charge in [-0.25, -0.2) is 0 Å². The molecule has 88 valence electrons. The molecule has 1 amide bonds. The fourth-order valence-corrected chi connectivity index (χ4v) is 1.89. The summed E-state index contributed by atoms with van der Waals surface area (Å²) in [6.07, 6.45) is 1.72. The summed E-state index contributed by atoms with van der Waals surface area (Å²) in [5, 5.41) is 3.32. The van der Waals surface area contributed by atoms with E-state index in [1.807, 2.05) is 44.4 Å². The Kier molecular flexibility index (Phi) is 3.10. The van der Waals surface area contributed by atoms with Crippen molar-refractivity contribution < 1.29 is 4.79 Å². The summed E-state index contributed by atoms with van der Waals surface area (Å²) in [6, 6.07) is 9.35. The Morgan fingerprint density at radius 1 is 1.29 bits per heavy atom. The lowest BCUT2D eigenvalue weighted by Gasteiger charge is -2.13. The van der Waals surface area contributed by atoms with E-state index in [0.29, 0.717) is 10.8 Å². The van der Waals surface area contributed by atoms with Crippen molar-refractivity contribution in [1.82, 2.24) is 10.2 Å². The average Bonchev–Trinajstić information content (AvgIpc) is 2.54. The lowest BCUT2D eigenvalue weighted by Crippen LogP contribution is -2.30. The van der Waals surface area contributed by atoms with E-state index in [1.54, 1.807) is 11.1 Å². The fourth-order valence-electron chi connectivity index (χ4n) is 1.59. The topological polar surface area (TPSA) is 35.6 Å². The van der Waals surface area contributed by atoms with Gasteiger partial charge in [-0.05, 0) is 24.4 Å². The van der Waals surface area contributed by atoms with Crippen LogP contribution in [0.15, 0.2) is 42.2 Å². The monoisotopic (exact) mass is 247 g/mol. The van der Waals surface area contributed by atoms with Crippen LogP contribution in [0.5, 0.6) is 0 Å². The number of carbonyl (C=O) groups excluding carboxylic acids is 1. The van der Waals surface area contributed by atoms with Gasteiger partial charge in [0.15, 0.2) is 5.11 Å². The molecule has 0 saturated carbocycles. The Morgan fingerprint density at radius 2 is 1.94 bits per heavy atom. The number of thiocarbonyl (C=S) groups is 1. The summed E-state index contributed by atoms with van der Waals surface area (Å²) in [5.74, 6) is -0.130. The van der Waals surface area contributed by atoms with Gasteiger partial charge in [-0.3, -0.25) is 9.69 Å². The first-order chi connectivity index (χ1) is 8.09. The van der Waals surface area contributed by atoms with Crippen molar-refractivity contribution in [3.63, 3.8) is 0 Å². The number of para-hydroxylation sites is 1. The Balaban J connectivity index is 2.33. The SMILES string of the molecule is CN(C)/C=C1/NC(=S)N(c2ccccc2)C1=O. The predicted octanol–water partition coefficient (Wildman–Crippen LogP) is 1.31. The Bertz CT molecular complexity index is 482. The zero-order valence-corrected chi connectivity index (χ0v) is 10.5. The minimum Gasteiger partial charge on any atom is -0.382 e. The van der Waals surface area contributed by atoms with Gasteiger partial charge < -0.3 is 10.2 Å². The summed E-state index contributed by atoms with van der Waals surface area (Å²) < 4.78 is 0. The second kappa shape index (κ2) is 4.55. The van der Waals surface area contributed by atoms with E-state index < -0.39 is 0 Å². The Morgan fingerprint density at radius 3 is 2.53 bits per heavy atom. The maximum absolute atomic E-state index is 12.1. The lowest BCUT2D eigenvalue weighted by atomic mass is 10.3. The second-order valence-electron chi connectivity index (χ2n) is 3.91. The van der Waals surface area contributed by atoms with Crippen LogP contribution in [0.1, 0.15) is 0 Å². The standard InChI is InChI=1S/C12H13N3OS/c1-14(2)8-10-11(16)15(12(17)13-10)9-6-4-3-5-7-9/h3-8H,1-2H3,(H,13,17)/b10-8+. The quantitative estimate of drug-likeness (QED) is 0.631. The normalized spacial score (nSPS) is 17.5. The third-order valence-corrected chi connectivity index (χ3v) is 2.56. The molecule has 0 atom stereocenters. The summed E-state index contributed by atoms with van der Waals surface area (Å²) in [6.45, 7) is 0. The van der Waals surface area contributed by atoms with Crippen LogP contribution < -0.4 is 10.2 Å². The molecule has 2 rings (SSSR count). The van der Waals surface area contributed by atoms with Crippen LogP contribution in [0, 0.1) is 0 Å². The van der Waals surface area contributed by atoms with Crippen LogP contribution in [-0.2, 0) is 4.79 Å². The third kappa shape index (κ3) is 2.29. The predicted molar refractivity (Wildman–Crippen MR) is 71.4 cm³/mol. The van der Waals surface area contributed by atoms with Crippen molar-refractivity contribution in [2.75, 3.05) is 19.0 Å². The highest BCUT2D eigenvalue weighted by molar-refractivity contribution is 7.80. The molecular weight excluding hydrogens is 234 g/mol. The first-order valence-corrected chi connectivity index (χ1v) is 5.59. The van der Waals surface area contributed by atoms with E-state index in [2.05, 4.69) is 5.32 Å². The fraction of sp³-hybridized carbons (Fsp3) is 0.167. The van der Waals surface area contributed by atoms with Crippen molar-refractivity contribution in [2.45, 2.75) is 0 Å². The van der Waals surface area contributed by atoms with Crippen LogP contribution >= 0.6 is 12.2 Å². The van der Waals surface area contributed by atoms with E-state index in [4.69, 9.17) is 12.2 Å². The van der Waals surface area contributed by atoms with Crippen molar-refractivity contribution in [1.29, 1.82) is 0 Å². The van der Waals surface area contributed by atoms with Gasteiger partial charge in [0.25, 0.3) is 5.91 Å². The molecule has 0 unspecified atom stereocenters. The molecule has 0 radical (unpaired) electrons. The molecule has 1 aliphatic rings. The van der Waals surface area contributed by atoms with E-state index in [9.17, 15) is 4.79 Å². The van der Waals surface area contributed by atoms with Gasteiger partial charge in [0.2, 0.25) is 0 Å². The van der Waals surface area contributed by atoms with Crippen molar-refractivity contribution >= 4 is 28.9 Å². The molecule has 0 spiro atoms. The molecule has 1 N–H and O–H groups in total. The molecule has 0 aromatic heterocycles. The van der Waals surface area contributed by atoms with E-state index in [1.165, 1.54) is 4.90 Å². The molecule has 1 aliphatic heterocycles. The van der Waals surface area contributed by atoms with Crippen molar-refractivity contribution in [3.8, 4) is 0 Å². The molecule has 0 bridgehead atoms. The molecule has 1 fully saturated rings. The van der Waals surface area contributed by atoms with Gasteiger partial charge in [-0.15, -0.1) is 0 Å². The maximum Gasteiger partial charge on any atom is 0.282 e. The largest absolute Gasteiger partial charge is 0.382 e. The van der Waals surface area contributed by atoms with Gasteiger partial charge in [0.05, 0.1) is 5.69 Å². The zero-order valence-electron chi connectivity index (χ0n) is 9.68. The summed E-state index contributed by atoms with van der Waals surface area (Å²) in [5.41, 5.74) is 1.26. The van der Waals surface area contributed by atoms with Gasteiger partial charge in [0, 0.05) is 20.3 Å². The van der Waals surface area contributed by atoms with Crippen LogP contribution in [0.2, 0.25) is 0 Å². The maximum atomic E-state index is 12.1. The van der Waals surface area contributed by atoms with Gasteiger partial charge in [-0.2, -0.15) is 0 Å². The number of nitrogens with one attached hydrogen (secondary N) is 1. The highest BCUT2D eigenvalue weighted by Crippen LogP contribution is 2.20. The molecule has 1 saturated heterocycles. The minimum absolute atomic E-state index is 0.130. The number of nitrogens with zero attached hydrogens (tertiary/aromatic N) is 2. The highest BCUT2D eigenvalue weighted by atomic mass is 32.1. The Labute approximate surface area is 106 Å². The molecule has 5 heteroatoms. The first kappa shape index (κ1) is 11.6. The number of benzene rings is 1. The van der Waals surface area contributed by atoms with Crippen LogP contribution in [0.3, 0.4) is 0 Å². The molecular formula is C12H13N3OS. The lowest BCUT2D eigenvalue weighted by molar-refractivity contribution is -0.113. The molecule has 4 nitrogen and oxygen atoms in total. The van der Waals surface area contributed by atoms with E-state index >= 15 is 0 Å². The van der Waals surface area contributed by atoms with Gasteiger partial charge in [-0.1, -0.05) is 18.2 Å². The van der Waals surface area contributed by atoms with Gasteiger partial charge in [0.1, 0.15) is 5.70 Å². The molecule has 1 aromatic carbocycles. The second-order valence-corrected chi connectivity index (χ2v) is 4.30. The highest BCUT2D eigenvalue weighted by Gasteiger charge is 2.31. The van der Waals surface area contributed by atoms with Crippen molar-refractivity contribution in [2.24, 2.45) is 0 Å². The number of rotatable bonds is 2. The average molecular weight is 247 g/mol. The number of amides is 1. The van der Waals surface area contributed by atoms with Crippen LogP contribution in [0.4, 0.5) is 5.69 Å². The smallest absolute Gasteiger partial charge is 0.282 e. The van der Waals surface area contributed by atoms with Crippen LogP contribution in [-0.4, -0.2) is 30.0 Å². The number of anilines is 1. The summed E-state index contributed by atoms with van der Waals surface area (Å²) in [7, 11) is 3.71. The molecule has 0 aliphatic carbocycles. The summed E-state index contributed by atoms with van der Waals surface area (Å²) >= 11 is 5.16. The zero-order chi connectivity index (χ0) is 12.4. The van der Waals surface area contributed by atoms with Crippen LogP contribution in [0.25, 0.3) is 0 Å². The van der Waals surface area contributed by atoms with E-state index in [-0.39, 0.29) is 5.91 Å².